The van der Waals surface area contributed by atoms with Crippen LogP contribution in [0.2, 0.25) is 0 Å². The van der Waals surface area contributed by atoms with Crippen LogP contribution >= 0.6 is 0 Å². The lowest BCUT2D eigenvalue weighted by atomic mass is 10.2. The molecule has 0 spiro atoms. The molecule has 0 aromatic carbocycles. The van der Waals surface area contributed by atoms with E-state index in [1.165, 1.54) is 13.2 Å². The average Bonchev–Trinajstić information content (AvgIpc) is 2.04. The molecule has 0 bridgehead atoms. The zero-order valence-corrected chi connectivity index (χ0v) is 6.91. The fourth-order valence-electron chi connectivity index (χ4n) is 0.556. The molecule has 64 valence electrons. The van der Waals surface area contributed by atoms with E-state index in [4.69, 9.17) is 5.11 Å². The number of carbonyl (C=O) groups excluding carboxylic acids is 1. The number of hydrogen-bond acceptors (Lipinski definition) is 3. The summed E-state index contributed by atoms with van der Waals surface area (Å²) in [4.78, 5) is 10.5. The second kappa shape index (κ2) is 5.92. The molecule has 1 N–H and O–H groups in total. The molecule has 0 aliphatic heterocycles. The van der Waals surface area contributed by atoms with Crippen molar-refractivity contribution in [2.24, 2.45) is 0 Å². The first kappa shape index (κ1) is 10.2. The van der Waals surface area contributed by atoms with E-state index >= 15 is 0 Å². The Kier molecular flexibility index (Phi) is 5.47. The van der Waals surface area contributed by atoms with Gasteiger partial charge in [-0.2, -0.15) is 0 Å². The van der Waals surface area contributed by atoms with Crippen LogP contribution in [0, 0.1) is 0 Å². The quantitative estimate of drug-likeness (QED) is 0.488. The summed E-state index contributed by atoms with van der Waals surface area (Å²) in [6, 6.07) is 0. The van der Waals surface area contributed by atoms with Crippen molar-refractivity contribution in [3.05, 3.63) is 12.2 Å². The van der Waals surface area contributed by atoms with Crippen molar-refractivity contribution in [3.8, 4) is 0 Å². The van der Waals surface area contributed by atoms with Crippen LogP contribution in [-0.4, -0.2) is 24.3 Å². The molecule has 0 aliphatic carbocycles. The number of methoxy groups -OCH3 is 1. The highest BCUT2D eigenvalue weighted by atomic mass is 16.5. The molecular weight excluding hydrogens is 144 g/mol. The van der Waals surface area contributed by atoms with Gasteiger partial charge in [-0.1, -0.05) is 13.0 Å². The molecule has 0 fully saturated rings. The maximum Gasteiger partial charge on any atom is 0.330 e. The number of aliphatic hydroxyl groups excluding tert-OH is 1. The first-order valence-electron chi connectivity index (χ1n) is 3.63. The van der Waals surface area contributed by atoms with Gasteiger partial charge in [0.15, 0.2) is 0 Å². The van der Waals surface area contributed by atoms with Gasteiger partial charge in [0.1, 0.15) is 0 Å². The van der Waals surface area contributed by atoms with Crippen molar-refractivity contribution in [1.29, 1.82) is 0 Å². The molecule has 0 aliphatic rings. The number of aliphatic hydroxyl groups is 1. The lowest BCUT2D eigenvalue weighted by Crippen LogP contribution is -2.02. The predicted octanol–water partition coefficient (Wildman–Crippen LogP) is 0.877. The first-order chi connectivity index (χ1) is 5.20. The first-order valence-corrected chi connectivity index (χ1v) is 3.63. The molecule has 0 rings (SSSR count). The summed E-state index contributed by atoms with van der Waals surface area (Å²) in [7, 11) is 1.32. The van der Waals surface area contributed by atoms with Gasteiger partial charge in [0, 0.05) is 6.08 Å². The Labute approximate surface area is 66.7 Å². The fourth-order valence-corrected chi connectivity index (χ4v) is 0.556. The molecule has 0 aromatic heterocycles. The highest BCUT2D eigenvalue weighted by Crippen LogP contribution is 1.97. The fraction of sp³-hybridized carbons (Fsp3) is 0.625. The molecule has 0 unspecified atom stereocenters. The summed E-state index contributed by atoms with van der Waals surface area (Å²) in [5.41, 5.74) is 0. The number of esters is 1. The number of ether oxygens (including phenoxy) is 1. The molecule has 0 radical (unpaired) electrons. The van der Waals surface area contributed by atoms with Gasteiger partial charge < -0.3 is 9.84 Å². The Hall–Kier alpha value is -0.830. The summed E-state index contributed by atoms with van der Waals surface area (Å²) >= 11 is 0. The minimum atomic E-state index is -0.381. The zero-order chi connectivity index (χ0) is 8.69. The molecule has 3 heteroatoms. The zero-order valence-electron chi connectivity index (χ0n) is 6.91. The summed E-state index contributed by atoms with van der Waals surface area (Å²) in [6.07, 6.45) is 3.78. The van der Waals surface area contributed by atoms with Crippen LogP contribution in [0.5, 0.6) is 0 Å². The lowest BCUT2D eigenvalue weighted by molar-refractivity contribution is -0.134. The summed E-state index contributed by atoms with van der Waals surface area (Å²) in [6.45, 7) is 1.89. The van der Waals surface area contributed by atoms with E-state index in [9.17, 15) is 4.79 Å². The van der Waals surface area contributed by atoms with Gasteiger partial charge in [-0.15, -0.1) is 0 Å². The topological polar surface area (TPSA) is 46.5 Å². The van der Waals surface area contributed by atoms with Gasteiger partial charge in [0.25, 0.3) is 0 Å². The maximum absolute atomic E-state index is 10.5. The number of hydrogen-bond donors (Lipinski definition) is 1. The second-order valence-corrected chi connectivity index (χ2v) is 2.22. The van der Waals surface area contributed by atoms with E-state index in [1.54, 1.807) is 6.08 Å². The number of rotatable bonds is 4. The molecular formula is C8H14O3. The Morgan fingerprint density at radius 1 is 1.73 bits per heavy atom. The average molecular weight is 158 g/mol. The van der Waals surface area contributed by atoms with Gasteiger partial charge in [0.2, 0.25) is 0 Å². The molecule has 0 amide bonds. The largest absolute Gasteiger partial charge is 0.466 e. The summed E-state index contributed by atoms with van der Waals surface area (Å²) < 4.78 is 4.36. The minimum absolute atomic E-state index is 0.351. The second-order valence-electron chi connectivity index (χ2n) is 2.22. The Morgan fingerprint density at radius 3 is 2.82 bits per heavy atom. The predicted molar refractivity (Wildman–Crippen MR) is 42.1 cm³/mol. The van der Waals surface area contributed by atoms with Crippen LogP contribution in [0.4, 0.5) is 0 Å². The van der Waals surface area contributed by atoms with Crippen LogP contribution in [-0.2, 0) is 9.53 Å². The number of carbonyl (C=O) groups is 1. The van der Waals surface area contributed by atoms with Crippen molar-refractivity contribution >= 4 is 5.97 Å². The SMILES string of the molecule is CC[C@H](O)C/C=C/C(=O)OC. The Balaban J connectivity index is 3.51. The molecule has 0 saturated heterocycles. The van der Waals surface area contributed by atoms with Crippen LogP contribution in [0.25, 0.3) is 0 Å². The van der Waals surface area contributed by atoms with Crippen LogP contribution in [0.3, 0.4) is 0 Å². The summed E-state index contributed by atoms with van der Waals surface area (Å²) in [5.74, 6) is -0.381. The van der Waals surface area contributed by atoms with E-state index < -0.39 is 0 Å². The van der Waals surface area contributed by atoms with Crippen molar-refractivity contribution < 1.29 is 14.6 Å². The van der Waals surface area contributed by atoms with Gasteiger partial charge >= 0.3 is 5.97 Å². The van der Waals surface area contributed by atoms with Gasteiger partial charge in [-0.3, -0.25) is 0 Å². The Morgan fingerprint density at radius 2 is 2.36 bits per heavy atom. The summed E-state index contributed by atoms with van der Waals surface area (Å²) in [5, 5.41) is 9.04. The third-order valence-corrected chi connectivity index (χ3v) is 1.33. The standard InChI is InChI=1S/C8H14O3/c1-3-7(9)5-4-6-8(10)11-2/h4,6-7,9H,3,5H2,1-2H3/b6-4+/t7-/m0/s1. The van der Waals surface area contributed by atoms with Crippen LogP contribution < -0.4 is 0 Å². The molecule has 1 atom stereocenters. The third-order valence-electron chi connectivity index (χ3n) is 1.33. The molecule has 11 heavy (non-hydrogen) atoms. The van der Waals surface area contributed by atoms with Crippen LogP contribution in [0.1, 0.15) is 19.8 Å². The third kappa shape index (κ3) is 5.61. The van der Waals surface area contributed by atoms with Crippen molar-refractivity contribution in [1.82, 2.24) is 0 Å². The van der Waals surface area contributed by atoms with E-state index in [1.807, 2.05) is 6.92 Å². The minimum Gasteiger partial charge on any atom is -0.466 e. The highest BCUT2D eigenvalue weighted by Gasteiger charge is 1.96. The van der Waals surface area contributed by atoms with E-state index in [0.29, 0.717) is 12.8 Å². The van der Waals surface area contributed by atoms with Crippen molar-refractivity contribution in [2.45, 2.75) is 25.9 Å². The molecule has 0 saturated carbocycles. The molecule has 0 aromatic rings. The smallest absolute Gasteiger partial charge is 0.330 e. The van der Waals surface area contributed by atoms with E-state index in [-0.39, 0.29) is 12.1 Å². The molecule has 3 nitrogen and oxygen atoms in total. The van der Waals surface area contributed by atoms with E-state index in [2.05, 4.69) is 4.74 Å². The highest BCUT2D eigenvalue weighted by molar-refractivity contribution is 5.81. The van der Waals surface area contributed by atoms with Gasteiger partial charge in [0.05, 0.1) is 13.2 Å². The van der Waals surface area contributed by atoms with E-state index in [0.717, 1.165) is 0 Å². The van der Waals surface area contributed by atoms with Crippen molar-refractivity contribution in [3.63, 3.8) is 0 Å². The molecule has 0 heterocycles. The normalized spacial score (nSPS) is 13.4. The van der Waals surface area contributed by atoms with Gasteiger partial charge in [-0.25, -0.2) is 4.79 Å². The monoisotopic (exact) mass is 158 g/mol. The van der Waals surface area contributed by atoms with Crippen LogP contribution in [0.15, 0.2) is 12.2 Å². The van der Waals surface area contributed by atoms with Gasteiger partial charge in [-0.05, 0) is 12.8 Å². The maximum atomic E-state index is 10.5. The Bertz CT molecular complexity index is 140. The van der Waals surface area contributed by atoms with Crippen molar-refractivity contribution in [2.75, 3.05) is 7.11 Å². The lowest BCUT2D eigenvalue weighted by Gasteiger charge is -2.00.